The van der Waals surface area contributed by atoms with Crippen molar-refractivity contribution in [3.63, 3.8) is 0 Å². The molecule has 0 saturated carbocycles. The van der Waals surface area contributed by atoms with Crippen LogP contribution < -0.4 is 0 Å². The summed E-state index contributed by atoms with van der Waals surface area (Å²) >= 11 is 0. The number of nitrogens with one attached hydrogen (secondary N) is 1. The van der Waals surface area contributed by atoms with Gasteiger partial charge in [-0.25, -0.2) is 0 Å². The third-order valence-corrected chi connectivity index (χ3v) is 5.96. The molecule has 4 rings (SSSR count). The second-order valence-corrected chi connectivity index (χ2v) is 7.88. The predicted octanol–water partition coefficient (Wildman–Crippen LogP) is 3.28. The molecular formula is C21H27N3O2. The van der Waals surface area contributed by atoms with Gasteiger partial charge in [-0.2, -0.15) is 0 Å². The van der Waals surface area contributed by atoms with Crippen LogP contribution in [-0.2, 0) is 4.79 Å². The molecule has 2 aromatic rings. The lowest BCUT2D eigenvalue weighted by molar-refractivity contribution is -0.138. The highest BCUT2D eigenvalue weighted by atomic mass is 16.2. The van der Waals surface area contributed by atoms with E-state index in [1.807, 2.05) is 40.3 Å². The molecule has 2 amide bonds. The molecule has 1 N–H and O–H groups in total. The smallest absolute Gasteiger partial charge is 0.253 e. The van der Waals surface area contributed by atoms with Gasteiger partial charge in [0, 0.05) is 43.5 Å². The van der Waals surface area contributed by atoms with E-state index in [2.05, 4.69) is 11.9 Å². The molecule has 1 atom stereocenters. The molecule has 5 nitrogen and oxygen atoms in total. The molecule has 0 spiro atoms. The molecule has 138 valence electrons. The summed E-state index contributed by atoms with van der Waals surface area (Å²) in [5.41, 5.74) is 1.67. The Bertz CT molecular complexity index is 804. The Balaban J connectivity index is 1.44. The minimum absolute atomic E-state index is 0.0336. The second-order valence-electron chi connectivity index (χ2n) is 7.88. The lowest BCUT2D eigenvalue weighted by Crippen LogP contribution is -2.48. The first-order chi connectivity index (χ1) is 12.6. The lowest BCUT2D eigenvalue weighted by atomic mass is 9.93. The van der Waals surface area contributed by atoms with E-state index in [1.165, 1.54) is 0 Å². The van der Waals surface area contributed by atoms with E-state index in [0.29, 0.717) is 18.0 Å². The highest BCUT2D eigenvalue weighted by molar-refractivity contribution is 5.98. The number of hydrogen-bond donors (Lipinski definition) is 1. The maximum absolute atomic E-state index is 12.9. The topological polar surface area (TPSA) is 56.4 Å². The third kappa shape index (κ3) is 3.35. The number of aromatic amines is 1. The van der Waals surface area contributed by atoms with Crippen LogP contribution in [-0.4, -0.2) is 52.8 Å². The molecule has 26 heavy (non-hydrogen) atoms. The van der Waals surface area contributed by atoms with Crippen LogP contribution >= 0.6 is 0 Å². The van der Waals surface area contributed by atoms with Gasteiger partial charge in [0.2, 0.25) is 5.91 Å². The van der Waals surface area contributed by atoms with E-state index in [9.17, 15) is 9.59 Å². The molecule has 3 heterocycles. The summed E-state index contributed by atoms with van der Waals surface area (Å²) < 4.78 is 0. The molecule has 2 fully saturated rings. The first-order valence-electron chi connectivity index (χ1n) is 9.77. The summed E-state index contributed by atoms with van der Waals surface area (Å²) in [4.78, 5) is 32.9. The van der Waals surface area contributed by atoms with Crippen molar-refractivity contribution in [1.29, 1.82) is 0 Å². The van der Waals surface area contributed by atoms with Gasteiger partial charge >= 0.3 is 0 Å². The number of aromatic nitrogens is 1. The largest absolute Gasteiger partial charge is 0.361 e. The molecule has 0 bridgehead atoms. The predicted molar refractivity (Wildman–Crippen MR) is 102 cm³/mol. The highest BCUT2D eigenvalue weighted by Gasteiger charge is 2.32. The molecule has 1 aromatic heterocycles. The molecule has 2 saturated heterocycles. The SMILES string of the molecule is CC1CCN(C(=O)[C@@H]2CCCN(C(=O)c3ccc4cc[nH]c4c3)C2)CC1. The fraction of sp³-hybridized carbons (Fsp3) is 0.524. The molecule has 0 radical (unpaired) electrons. The molecule has 2 aliphatic heterocycles. The number of likely N-dealkylation sites (tertiary alicyclic amines) is 2. The van der Waals surface area contributed by atoms with Crippen LogP contribution in [0.5, 0.6) is 0 Å². The van der Waals surface area contributed by atoms with Crippen molar-refractivity contribution in [1.82, 2.24) is 14.8 Å². The van der Waals surface area contributed by atoms with Crippen molar-refractivity contribution in [2.45, 2.75) is 32.6 Å². The van der Waals surface area contributed by atoms with Gasteiger partial charge in [-0.05, 0) is 55.2 Å². The minimum Gasteiger partial charge on any atom is -0.361 e. The monoisotopic (exact) mass is 353 g/mol. The van der Waals surface area contributed by atoms with Gasteiger partial charge in [0.25, 0.3) is 5.91 Å². The van der Waals surface area contributed by atoms with Crippen LogP contribution in [0.3, 0.4) is 0 Å². The summed E-state index contributed by atoms with van der Waals surface area (Å²) in [6, 6.07) is 7.77. The third-order valence-electron chi connectivity index (χ3n) is 5.96. The number of benzene rings is 1. The van der Waals surface area contributed by atoms with Gasteiger partial charge in [0.05, 0.1) is 5.92 Å². The Kier molecular flexibility index (Phi) is 4.70. The van der Waals surface area contributed by atoms with Crippen molar-refractivity contribution in [3.8, 4) is 0 Å². The minimum atomic E-state index is -0.0460. The van der Waals surface area contributed by atoms with Gasteiger partial charge in [-0.15, -0.1) is 0 Å². The molecule has 2 aliphatic rings. The standard InChI is InChI=1S/C21H27N3O2/c1-15-7-11-23(12-8-15)21(26)18-3-2-10-24(14-18)20(25)17-5-4-16-6-9-22-19(16)13-17/h4-6,9,13,15,18,22H,2-3,7-8,10-12,14H2,1H3/t18-/m1/s1. The zero-order valence-corrected chi connectivity index (χ0v) is 15.4. The van der Waals surface area contributed by atoms with Gasteiger partial charge in [-0.3, -0.25) is 9.59 Å². The summed E-state index contributed by atoms with van der Waals surface area (Å²) in [7, 11) is 0. The van der Waals surface area contributed by atoms with E-state index in [1.54, 1.807) is 0 Å². The fourth-order valence-electron chi connectivity index (χ4n) is 4.21. The van der Waals surface area contributed by atoms with Crippen LogP contribution in [0, 0.1) is 11.8 Å². The molecule has 0 unspecified atom stereocenters. The lowest BCUT2D eigenvalue weighted by Gasteiger charge is -2.37. The van der Waals surface area contributed by atoms with Crippen LogP contribution in [0.1, 0.15) is 43.0 Å². The Hall–Kier alpha value is -2.30. The average molecular weight is 353 g/mol. The number of fused-ring (bicyclic) bond motifs is 1. The number of carbonyl (C=O) groups is 2. The maximum atomic E-state index is 12.9. The van der Waals surface area contributed by atoms with Crippen molar-refractivity contribution >= 4 is 22.7 Å². The molecule has 1 aromatic carbocycles. The van der Waals surface area contributed by atoms with Crippen molar-refractivity contribution in [3.05, 3.63) is 36.0 Å². The first-order valence-corrected chi connectivity index (χ1v) is 9.77. The summed E-state index contributed by atoms with van der Waals surface area (Å²) in [6.07, 6.45) is 5.87. The zero-order valence-electron chi connectivity index (χ0n) is 15.4. The maximum Gasteiger partial charge on any atom is 0.253 e. The van der Waals surface area contributed by atoms with Crippen LogP contribution in [0.2, 0.25) is 0 Å². The molecule has 5 heteroatoms. The van der Waals surface area contributed by atoms with E-state index < -0.39 is 0 Å². The quantitative estimate of drug-likeness (QED) is 0.901. The Morgan fingerprint density at radius 1 is 1.04 bits per heavy atom. The number of amides is 2. The summed E-state index contributed by atoms with van der Waals surface area (Å²) in [5, 5.41) is 1.10. The zero-order chi connectivity index (χ0) is 18.1. The second kappa shape index (κ2) is 7.14. The van der Waals surface area contributed by atoms with Crippen molar-refractivity contribution in [2.24, 2.45) is 11.8 Å². The Morgan fingerprint density at radius 2 is 1.85 bits per heavy atom. The van der Waals surface area contributed by atoms with E-state index in [4.69, 9.17) is 0 Å². The normalized spacial score (nSPS) is 22.0. The molecule has 0 aliphatic carbocycles. The van der Waals surface area contributed by atoms with Gasteiger partial charge in [0.1, 0.15) is 0 Å². The van der Waals surface area contributed by atoms with Crippen molar-refractivity contribution in [2.75, 3.05) is 26.2 Å². The van der Waals surface area contributed by atoms with Gasteiger partial charge in [-0.1, -0.05) is 13.0 Å². The van der Waals surface area contributed by atoms with Gasteiger partial charge in [0.15, 0.2) is 0 Å². The van der Waals surface area contributed by atoms with Crippen LogP contribution in [0.15, 0.2) is 30.5 Å². The number of rotatable bonds is 2. The van der Waals surface area contributed by atoms with E-state index in [-0.39, 0.29) is 17.7 Å². The highest BCUT2D eigenvalue weighted by Crippen LogP contribution is 2.24. The van der Waals surface area contributed by atoms with Gasteiger partial charge < -0.3 is 14.8 Å². The Morgan fingerprint density at radius 3 is 2.65 bits per heavy atom. The molecular weight excluding hydrogens is 326 g/mol. The number of piperidine rings is 2. The van der Waals surface area contributed by atoms with Crippen LogP contribution in [0.4, 0.5) is 0 Å². The summed E-state index contributed by atoms with van der Waals surface area (Å²) in [5.74, 6) is 0.946. The van der Waals surface area contributed by atoms with Crippen molar-refractivity contribution < 1.29 is 9.59 Å². The Labute approximate surface area is 154 Å². The fourth-order valence-corrected chi connectivity index (χ4v) is 4.21. The average Bonchev–Trinajstić information content (AvgIpc) is 3.15. The first kappa shape index (κ1) is 17.1. The van der Waals surface area contributed by atoms with Crippen LogP contribution in [0.25, 0.3) is 10.9 Å². The van der Waals surface area contributed by atoms with E-state index >= 15 is 0 Å². The number of nitrogens with zero attached hydrogens (tertiary/aromatic N) is 2. The van der Waals surface area contributed by atoms with E-state index in [0.717, 1.165) is 56.2 Å². The number of carbonyl (C=O) groups excluding carboxylic acids is 2. The number of H-pyrrole nitrogens is 1. The number of hydrogen-bond acceptors (Lipinski definition) is 2. The summed E-state index contributed by atoms with van der Waals surface area (Å²) in [6.45, 7) is 5.28.